The lowest BCUT2D eigenvalue weighted by Gasteiger charge is -2.23. The molecule has 0 rings (SSSR count). The van der Waals surface area contributed by atoms with E-state index in [1.165, 1.54) is 219 Å². The highest BCUT2D eigenvalue weighted by molar-refractivity contribution is 5.77. The molecule has 1 unspecified atom stereocenters. The van der Waals surface area contributed by atoms with E-state index in [1.54, 1.807) is 0 Å². The fraction of sp³-hybridized carbons (Fsp3) is 0.957. The van der Waals surface area contributed by atoms with Gasteiger partial charge in [-0.1, -0.05) is 194 Å². The van der Waals surface area contributed by atoms with Gasteiger partial charge in [0.15, 0.2) is 0 Å². The van der Waals surface area contributed by atoms with Crippen molar-refractivity contribution < 1.29 is 33.9 Å². The second-order valence-electron chi connectivity index (χ2n) is 18.0. The van der Waals surface area contributed by atoms with Crippen molar-refractivity contribution >= 4 is 11.9 Å². The summed E-state index contributed by atoms with van der Waals surface area (Å²) >= 11 is 0. The van der Waals surface area contributed by atoms with Crippen LogP contribution in [0.2, 0.25) is 0 Å². The zero-order chi connectivity index (χ0) is 40.5. The van der Waals surface area contributed by atoms with Crippen LogP contribution in [0.15, 0.2) is 0 Å². The summed E-state index contributed by atoms with van der Waals surface area (Å²) in [7, 11) is 13.8. The Morgan fingerprint density at radius 3 is 0.717 bits per heavy atom. The zero-order valence-electron chi connectivity index (χ0n) is 37.3. The molecule has 320 valence electrons. The van der Waals surface area contributed by atoms with E-state index >= 15 is 0 Å². The van der Waals surface area contributed by atoms with Gasteiger partial charge < -0.3 is 33.9 Å². The van der Waals surface area contributed by atoms with Gasteiger partial charge >= 0.3 is 0 Å². The van der Waals surface area contributed by atoms with E-state index in [0.717, 1.165) is 8.97 Å². The highest BCUT2D eigenvalue weighted by Crippen LogP contribution is 2.15. The van der Waals surface area contributed by atoms with E-state index in [1.807, 2.05) is 0 Å². The molecule has 0 saturated carbocycles. The largest absolute Gasteiger partial charge is 0.550 e. The number of nitrogens with zero attached hydrogens (tertiary/aromatic N) is 2. The molecule has 0 amide bonds. The molecule has 0 saturated heterocycles. The number of aliphatic hydroxyl groups excluding tert-OH is 1. The van der Waals surface area contributed by atoms with Crippen LogP contribution in [0.5, 0.6) is 0 Å². The Morgan fingerprint density at radius 1 is 0.396 bits per heavy atom. The third kappa shape index (κ3) is 60.3. The minimum atomic E-state index is -1.96. The quantitative estimate of drug-likeness (QED) is 0.0503. The first-order valence-electron chi connectivity index (χ1n) is 22.9. The van der Waals surface area contributed by atoms with Gasteiger partial charge in [-0.15, -0.1) is 0 Å². The molecule has 1 atom stereocenters. The van der Waals surface area contributed by atoms with Crippen molar-refractivity contribution in [3.8, 4) is 0 Å². The third-order valence-electron chi connectivity index (χ3n) is 10.00. The SMILES string of the molecule is CCCCCCCCCCCCCCCCCC[N+](C)(C)C.CCCCCCCCCCCCCCCCCC[N+](C)(C)C.O=C([O-])CC(O)C(=O)[O-]. The second-order valence-corrected chi connectivity index (χ2v) is 18.0. The molecule has 0 aromatic carbocycles. The van der Waals surface area contributed by atoms with Crippen molar-refractivity contribution in [2.45, 2.75) is 232 Å². The summed E-state index contributed by atoms with van der Waals surface area (Å²) in [6.07, 6.45) is 43.8. The molecule has 0 bridgehead atoms. The summed E-state index contributed by atoms with van der Waals surface area (Å²) < 4.78 is 2.25. The standard InChI is InChI=1S/2C21H46N.C4H6O5/c2*1-5-6-7-8-9-10-11-12-13-14-15-16-17-18-19-20-21-22(2,3)4;5-2(4(8)9)1-3(6)7/h2*5-21H2,1-4H3;2,5H,1H2,(H,6,7)(H,8,9)/q2*+1;/p-2. The number of carbonyl (C=O) groups excluding carboxylic acids is 2. The first kappa shape index (κ1) is 56.2. The molecule has 0 fully saturated rings. The van der Waals surface area contributed by atoms with Gasteiger partial charge in [-0.05, 0) is 25.7 Å². The smallest absolute Gasteiger partial charge is 0.0985 e. The molecular formula is C46H96N2O5. The first-order valence-corrected chi connectivity index (χ1v) is 22.9. The molecule has 0 heterocycles. The molecule has 0 aromatic heterocycles. The van der Waals surface area contributed by atoms with Gasteiger partial charge in [0, 0.05) is 12.4 Å². The van der Waals surface area contributed by atoms with E-state index in [2.05, 4.69) is 56.1 Å². The number of rotatable bonds is 37. The van der Waals surface area contributed by atoms with Crippen molar-refractivity contribution in [1.29, 1.82) is 0 Å². The summed E-state index contributed by atoms with van der Waals surface area (Å²) in [6, 6.07) is 0. The van der Waals surface area contributed by atoms with Gasteiger partial charge in [-0.3, -0.25) is 0 Å². The molecule has 0 aliphatic rings. The van der Waals surface area contributed by atoms with Crippen molar-refractivity contribution in [2.75, 3.05) is 55.4 Å². The minimum Gasteiger partial charge on any atom is -0.550 e. The topological polar surface area (TPSA) is 100 Å². The van der Waals surface area contributed by atoms with Crippen molar-refractivity contribution in [2.24, 2.45) is 0 Å². The number of hydrogen-bond donors (Lipinski definition) is 1. The fourth-order valence-electron chi connectivity index (χ4n) is 6.51. The minimum absolute atomic E-state index is 0.928. The van der Waals surface area contributed by atoms with E-state index in [-0.39, 0.29) is 0 Å². The average Bonchev–Trinajstić information content (AvgIpc) is 3.07. The van der Waals surface area contributed by atoms with Crippen LogP contribution in [0.3, 0.4) is 0 Å². The molecule has 1 N–H and O–H groups in total. The number of hydrogen-bond acceptors (Lipinski definition) is 5. The summed E-state index contributed by atoms with van der Waals surface area (Å²) in [5, 5.41) is 27.3. The van der Waals surface area contributed by atoms with Crippen LogP contribution in [-0.4, -0.2) is 87.5 Å². The summed E-state index contributed by atoms with van der Waals surface area (Å²) in [5.74, 6) is -3.43. The van der Waals surface area contributed by atoms with E-state index in [0.29, 0.717) is 0 Å². The Morgan fingerprint density at radius 2 is 0.585 bits per heavy atom. The Labute approximate surface area is 332 Å². The molecular weight excluding hydrogens is 661 g/mol. The zero-order valence-corrected chi connectivity index (χ0v) is 37.3. The van der Waals surface area contributed by atoms with Gasteiger partial charge in [0.2, 0.25) is 0 Å². The van der Waals surface area contributed by atoms with Crippen LogP contribution in [0.1, 0.15) is 226 Å². The monoisotopic (exact) mass is 757 g/mol. The maximum absolute atomic E-state index is 9.58. The van der Waals surface area contributed by atoms with Crippen LogP contribution in [0, 0.1) is 0 Å². The summed E-state index contributed by atoms with van der Waals surface area (Å²) in [4.78, 5) is 19.1. The van der Waals surface area contributed by atoms with Crippen LogP contribution < -0.4 is 10.2 Å². The number of quaternary nitrogens is 2. The third-order valence-corrected chi connectivity index (χ3v) is 10.00. The van der Waals surface area contributed by atoms with Crippen LogP contribution in [0.25, 0.3) is 0 Å². The van der Waals surface area contributed by atoms with Gasteiger partial charge in [-0.2, -0.15) is 0 Å². The van der Waals surface area contributed by atoms with Gasteiger partial charge in [0.25, 0.3) is 0 Å². The van der Waals surface area contributed by atoms with Crippen molar-refractivity contribution in [1.82, 2.24) is 0 Å². The van der Waals surface area contributed by atoms with E-state index in [4.69, 9.17) is 5.11 Å². The van der Waals surface area contributed by atoms with Crippen molar-refractivity contribution in [3.63, 3.8) is 0 Å². The Hall–Kier alpha value is -1.18. The van der Waals surface area contributed by atoms with Crippen LogP contribution in [-0.2, 0) is 9.59 Å². The number of carbonyl (C=O) groups is 2. The summed E-state index contributed by atoms with van der Waals surface area (Å²) in [5.41, 5.74) is 0. The van der Waals surface area contributed by atoms with Crippen LogP contribution >= 0.6 is 0 Å². The van der Waals surface area contributed by atoms with E-state index in [9.17, 15) is 19.8 Å². The first-order chi connectivity index (χ1) is 25.2. The number of aliphatic carboxylic acids is 2. The Balaban J connectivity index is -0.000000768. The van der Waals surface area contributed by atoms with Crippen LogP contribution in [0.4, 0.5) is 0 Å². The lowest BCUT2D eigenvalue weighted by atomic mass is 10.0. The number of aliphatic hydroxyl groups is 1. The highest BCUT2D eigenvalue weighted by atomic mass is 16.4. The predicted molar refractivity (Wildman–Crippen MR) is 226 cm³/mol. The molecule has 0 aliphatic carbocycles. The number of carboxylic acid groups (broad SMARTS) is 2. The molecule has 53 heavy (non-hydrogen) atoms. The summed E-state index contributed by atoms with van der Waals surface area (Å²) in [6.45, 7) is 7.26. The number of unbranched alkanes of at least 4 members (excludes halogenated alkanes) is 30. The maximum Gasteiger partial charge on any atom is 0.0985 e. The van der Waals surface area contributed by atoms with Gasteiger partial charge in [-0.25, -0.2) is 0 Å². The second kappa shape index (κ2) is 42.0. The molecule has 0 aromatic rings. The predicted octanol–water partition coefficient (Wildman–Crippen LogP) is 10.1. The normalized spacial score (nSPS) is 12.1. The van der Waals surface area contributed by atoms with Gasteiger partial charge in [0.05, 0.1) is 67.4 Å². The van der Waals surface area contributed by atoms with E-state index < -0.39 is 24.5 Å². The fourth-order valence-corrected chi connectivity index (χ4v) is 6.51. The average molecular weight is 757 g/mol. The van der Waals surface area contributed by atoms with Crippen molar-refractivity contribution in [3.05, 3.63) is 0 Å². The molecule has 0 radical (unpaired) electrons. The molecule has 0 spiro atoms. The lowest BCUT2D eigenvalue weighted by molar-refractivity contribution is -0.870. The molecule has 7 heteroatoms. The molecule has 0 aliphatic heterocycles. The Bertz CT molecular complexity index is 701. The lowest BCUT2D eigenvalue weighted by Crippen LogP contribution is -2.39. The maximum atomic E-state index is 9.58. The Kier molecular flexibility index (Phi) is 44.5. The van der Waals surface area contributed by atoms with Gasteiger partial charge in [0.1, 0.15) is 0 Å². The highest BCUT2D eigenvalue weighted by Gasteiger charge is 2.06. The molecule has 7 nitrogen and oxygen atoms in total. The number of carboxylic acids is 2.